The van der Waals surface area contributed by atoms with Crippen molar-refractivity contribution < 1.29 is 0 Å². The molecule has 2 aliphatic rings. The van der Waals surface area contributed by atoms with Crippen LogP contribution in [-0.2, 0) is 6.42 Å². The van der Waals surface area contributed by atoms with E-state index in [1.807, 2.05) is 0 Å². The van der Waals surface area contributed by atoms with Crippen LogP contribution in [0.2, 0.25) is 0 Å². The molecule has 3 rings (SSSR count). The molecule has 0 aromatic heterocycles. The lowest BCUT2D eigenvalue weighted by molar-refractivity contribution is 0.445. The van der Waals surface area contributed by atoms with Gasteiger partial charge in [0.05, 0.1) is 0 Å². The van der Waals surface area contributed by atoms with Crippen LogP contribution in [0.1, 0.15) is 63.1 Å². The van der Waals surface area contributed by atoms with Crippen LogP contribution >= 0.6 is 0 Å². The van der Waals surface area contributed by atoms with Gasteiger partial charge in [0.25, 0.3) is 0 Å². The molecule has 0 spiro atoms. The summed E-state index contributed by atoms with van der Waals surface area (Å²) in [6.07, 6.45) is 8.26. The summed E-state index contributed by atoms with van der Waals surface area (Å²) >= 11 is 0. The average molecular weight is 271 g/mol. The Kier molecular flexibility index (Phi) is 4.45. The SMILES string of the molecule is CCCNC(c1ccc(CC)cc1)C1C2CCCCC21. The summed E-state index contributed by atoms with van der Waals surface area (Å²) < 4.78 is 0. The highest BCUT2D eigenvalue weighted by Gasteiger charge is 2.54. The molecule has 1 N–H and O–H groups in total. The van der Waals surface area contributed by atoms with Gasteiger partial charge in [-0.05, 0) is 61.1 Å². The smallest absolute Gasteiger partial charge is 0.0354 e. The summed E-state index contributed by atoms with van der Waals surface area (Å²) in [6, 6.07) is 9.99. The lowest BCUT2D eigenvalue weighted by Crippen LogP contribution is -2.25. The zero-order valence-electron chi connectivity index (χ0n) is 13.1. The van der Waals surface area contributed by atoms with E-state index < -0.39 is 0 Å². The minimum absolute atomic E-state index is 0.606. The van der Waals surface area contributed by atoms with Crippen LogP contribution in [-0.4, -0.2) is 6.54 Å². The van der Waals surface area contributed by atoms with Crippen LogP contribution in [0.5, 0.6) is 0 Å². The predicted molar refractivity (Wildman–Crippen MR) is 85.8 cm³/mol. The van der Waals surface area contributed by atoms with Gasteiger partial charge in [0, 0.05) is 6.04 Å². The first-order chi connectivity index (χ1) is 9.85. The summed E-state index contributed by atoms with van der Waals surface area (Å²) in [5.41, 5.74) is 2.98. The Hall–Kier alpha value is -0.820. The Balaban J connectivity index is 1.75. The largest absolute Gasteiger partial charge is 0.310 e. The molecule has 0 bridgehead atoms. The number of benzene rings is 1. The zero-order valence-corrected chi connectivity index (χ0v) is 13.1. The third-order valence-electron chi connectivity index (χ3n) is 5.47. The predicted octanol–water partition coefficient (Wildman–Crippen LogP) is 4.73. The van der Waals surface area contributed by atoms with E-state index in [9.17, 15) is 0 Å². The molecule has 20 heavy (non-hydrogen) atoms. The standard InChI is InChI=1S/C19H29N/c1-3-13-20-19(15-11-9-14(4-2)10-12-15)18-16-7-5-6-8-17(16)18/h9-12,16-20H,3-8,13H2,1-2H3. The molecule has 2 fully saturated rings. The Morgan fingerprint density at radius 1 is 1.05 bits per heavy atom. The number of hydrogen-bond acceptors (Lipinski definition) is 1. The Morgan fingerprint density at radius 3 is 2.25 bits per heavy atom. The fourth-order valence-electron chi connectivity index (χ4n) is 4.28. The quantitative estimate of drug-likeness (QED) is 0.789. The van der Waals surface area contributed by atoms with Gasteiger partial charge in [-0.1, -0.05) is 51.0 Å². The molecule has 1 heteroatoms. The second kappa shape index (κ2) is 6.30. The van der Waals surface area contributed by atoms with Crippen LogP contribution in [0.15, 0.2) is 24.3 Å². The molecule has 1 aromatic rings. The number of fused-ring (bicyclic) bond motifs is 1. The Labute approximate surface area is 124 Å². The van der Waals surface area contributed by atoms with E-state index in [0.717, 1.165) is 30.7 Å². The van der Waals surface area contributed by atoms with Gasteiger partial charge in [-0.2, -0.15) is 0 Å². The van der Waals surface area contributed by atoms with Gasteiger partial charge >= 0.3 is 0 Å². The molecule has 0 aliphatic heterocycles. The fourth-order valence-corrected chi connectivity index (χ4v) is 4.28. The molecule has 2 aliphatic carbocycles. The van der Waals surface area contributed by atoms with Gasteiger partial charge in [0.15, 0.2) is 0 Å². The number of hydrogen-bond donors (Lipinski definition) is 1. The van der Waals surface area contributed by atoms with Crippen molar-refractivity contribution >= 4 is 0 Å². The summed E-state index contributed by atoms with van der Waals surface area (Å²) in [5, 5.41) is 3.84. The average Bonchev–Trinajstić information content (AvgIpc) is 3.23. The molecule has 0 heterocycles. The second-order valence-electron chi connectivity index (χ2n) is 6.72. The van der Waals surface area contributed by atoms with Gasteiger partial charge in [-0.3, -0.25) is 0 Å². The van der Waals surface area contributed by atoms with Crippen LogP contribution in [0, 0.1) is 17.8 Å². The monoisotopic (exact) mass is 271 g/mol. The van der Waals surface area contributed by atoms with Gasteiger partial charge in [0.1, 0.15) is 0 Å². The summed E-state index contributed by atoms with van der Waals surface area (Å²) in [5.74, 6) is 2.95. The van der Waals surface area contributed by atoms with Crippen molar-refractivity contribution in [3.63, 3.8) is 0 Å². The normalized spacial score (nSPS) is 29.8. The van der Waals surface area contributed by atoms with Crippen LogP contribution in [0.25, 0.3) is 0 Å². The van der Waals surface area contributed by atoms with Crippen LogP contribution in [0.3, 0.4) is 0 Å². The van der Waals surface area contributed by atoms with Gasteiger partial charge < -0.3 is 5.32 Å². The third kappa shape index (κ3) is 2.79. The number of rotatable bonds is 6. The fraction of sp³-hybridized carbons (Fsp3) is 0.684. The maximum atomic E-state index is 3.84. The van der Waals surface area contributed by atoms with E-state index >= 15 is 0 Å². The highest BCUT2D eigenvalue weighted by atomic mass is 14.9. The molecule has 0 radical (unpaired) electrons. The molecule has 0 saturated heterocycles. The van der Waals surface area contributed by atoms with Gasteiger partial charge in [-0.25, -0.2) is 0 Å². The van der Waals surface area contributed by atoms with Crippen molar-refractivity contribution in [1.82, 2.24) is 5.32 Å². The summed E-state index contributed by atoms with van der Waals surface area (Å²) in [4.78, 5) is 0. The highest BCUT2D eigenvalue weighted by molar-refractivity contribution is 5.27. The molecule has 110 valence electrons. The lowest BCUT2D eigenvalue weighted by atomic mass is 9.98. The van der Waals surface area contributed by atoms with E-state index in [1.54, 1.807) is 0 Å². The molecule has 2 saturated carbocycles. The Bertz CT molecular complexity index is 410. The van der Waals surface area contributed by atoms with Crippen LogP contribution in [0.4, 0.5) is 0 Å². The maximum Gasteiger partial charge on any atom is 0.0354 e. The van der Waals surface area contributed by atoms with Crippen molar-refractivity contribution in [1.29, 1.82) is 0 Å². The number of aryl methyl sites for hydroxylation is 1. The van der Waals surface area contributed by atoms with E-state index in [0.29, 0.717) is 6.04 Å². The molecule has 1 aromatic carbocycles. The van der Waals surface area contributed by atoms with Crippen molar-refractivity contribution in [2.24, 2.45) is 17.8 Å². The maximum absolute atomic E-state index is 3.84. The molecule has 1 nitrogen and oxygen atoms in total. The van der Waals surface area contributed by atoms with E-state index in [4.69, 9.17) is 0 Å². The van der Waals surface area contributed by atoms with Gasteiger partial charge in [0.2, 0.25) is 0 Å². The van der Waals surface area contributed by atoms with Crippen molar-refractivity contribution in [2.45, 2.75) is 58.4 Å². The molecule has 3 atom stereocenters. The van der Waals surface area contributed by atoms with Crippen molar-refractivity contribution in [3.8, 4) is 0 Å². The van der Waals surface area contributed by atoms with E-state index in [2.05, 4.69) is 43.4 Å². The molecular weight excluding hydrogens is 242 g/mol. The number of nitrogens with one attached hydrogen (secondary N) is 1. The molecular formula is C19H29N. The first-order valence-electron chi connectivity index (χ1n) is 8.67. The van der Waals surface area contributed by atoms with Gasteiger partial charge in [-0.15, -0.1) is 0 Å². The minimum atomic E-state index is 0.606. The lowest BCUT2D eigenvalue weighted by Gasteiger charge is -2.20. The second-order valence-corrected chi connectivity index (χ2v) is 6.72. The highest BCUT2D eigenvalue weighted by Crippen LogP contribution is 2.60. The molecule has 0 amide bonds. The summed E-state index contributed by atoms with van der Waals surface area (Å²) in [6.45, 7) is 5.65. The minimum Gasteiger partial charge on any atom is -0.310 e. The Morgan fingerprint density at radius 2 is 1.70 bits per heavy atom. The first kappa shape index (κ1) is 14.1. The van der Waals surface area contributed by atoms with Crippen LogP contribution < -0.4 is 5.32 Å². The van der Waals surface area contributed by atoms with E-state index in [1.165, 1.54) is 43.2 Å². The third-order valence-corrected chi connectivity index (χ3v) is 5.47. The zero-order chi connectivity index (χ0) is 13.9. The van der Waals surface area contributed by atoms with E-state index in [-0.39, 0.29) is 0 Å². The van der Waals surface area contributed by atoms with Crippen molar-refractivity contribution in [3.05, 3.63) is 35.4 Å². The topological polar surface area (TPSA) is 12.0 Å². The molecule has 3 unspecified atom stereocenters. The first-order valence-corrected chi connectivity index (χ1v) is 8.67. The van der Waals surface area contributed by atoms with Crippen molar-refractivity contribution in [2.75, 3.05) is 6.54 Å². The summed E-state index contributed by atoms with van der Waals surface area (Å²) in [7, 11) is 0.